The van der Waals surface area contributed by atoms with E-state index in [2.05, 4.69) is 39.8 Å². The first-order valence-electron chi connectivity index (χ1n) is 4.15. The lowest BCUT2D eigenvalue weighted by Gasteiger charge is -2.20. The van der Waals surface area contributed by atoms with E-state index in [1.165, 1.54) is 0 Å². The average Bonchev–Trinajstić information content (AvgIpc) is 2.07. The Morgan fingerprint density at radius 3 is 1.90 bits per heavy atom. The molecular formula is C10H16. The van der Waals surface area contributed by atoms with Crippen LogP contribution in [-0.2, 0) is 0 Å². The molecule has 0 aromatic carbocycles. The molecule has 0 radical (unpaired) electrons. The highest BCUT2D eigenvalue weighted by atomic mass is 14.7. The molecule has 0 amide bonds. The fraction of sp³-hybridized carbons (Fsp3) is 0.800. The van der Waals surface area contributed by atoms with Crippen LogP contribution in [0.4, 0.5) is 0 Å². The monoisotopic (exact) mass is 136 g/mol. The van der Waals surface area contributed by atoms with E-state index in [0.29, 0.717) is 10.8 Å². The fourth-order valence-electron chi connectivity index (χ4n) is 2.91. The molecule has 0 N–H and O–H groups in total. The van der Waals surface area contributed by atoms with Crippen LogP contribution >= 0.6 is 0 Å². The Hall–Kier alpha value is -0.260. The quantitative estimate of drug-likeness (QED) is 0.449. The molecular weight excluding hydrogens is 120 g/mol. The average molecular weight is 136 g/mol. The predicted octanol–water partition coefficient (Wildman–Crippen LogP) is 2.85. The first-order valence-corrected chi connectivity index (χ1v) is 4.15. The second-order valence-electron chi connectivity index (χ2n) is 5.01. The standard InChI is InChI=1S/C10H16/c1-9(2)6-5-7-8(9)10(7,3)4/h5-8H,1-4H3. The van der Waals surface area contributed by atoms with E-state index in [-0.39, 0.29) is 0 Å². The summed E-state index contributed by atoms with van der Waals surface area (Å²) in [6.45, 7) is 9.47. The summed E-state index contributed by atoms with van der Waals surface area (Å²) < 4.78 is 0. The lowest BCUT2D eigenvalue weighted by atomic mass is 9.84. The van der Waals surface area contributed by atoms with Crippen LogP contribution in [0.2, 0.25) is 0 Å². The molecule has 0 aromatic rings. The van der Waals surface area contributed by atoms with Gasteiger partial charge in [0.2, 0.25) is 0 Å². The second kappa shape index (κ2) is 1.34. The molecule has 1 saturated carbocycles. The number of allylic oxidation sites excluding steroid dienone is 2. The topological polar surface area (TPSA) is 0 Å². The lowest BCUT2D eigenvalue weighted by Crippen LogP contribution is -2.12. The molecule has 2 unspecified atom stereocenters. The molecule has 0 heterocycles. The minimum Gasteiger partial charge on any atom is -0.0840 e. The molecule has 1 fully saturated rings. The van der Waals surface area contributed by atoms with Crippen molar-refractivity contribution < 1.29 is 0 Å². The highest BCUT2D eigenvalue weighted by Crippen LogP contribution is 2.70. The molecule has 10 heavy (non-hydrogen) atoms. The normalized spacial score (nSPS) is 45.2. The number of hydrogen-bond donors (Lipinski definition) is 0. The van der Waals surface area contributed by atoms with E-state index >= 15 is 0 Å². The highest BCUT2D eigenvalue weighted by molar-refractivity contribution is 5.28. The maximum Gasteiger partial charge on any atom is -0.0135 e. The van der Waals surface area contributed by atoms with E-state index < -0.39 is 0 Å². The van der Waals surface area contributed by atoms with Gasteiger partial charge in [-0.2, -0.15) is 0 Å². The first-order chi connectivity index (χ1) is 4.46. The zero-order chi connectivity index (χ0) is 7.57. The summed E-state index contributed by atoms with van der Waals surface area (Å²) in [5.41, 5.74) is 1.09. The van der Waals surface area contributed by atoms with Gasteiger partial charge < -0.3 is 0 Å². The van der Waals surface area contributed by atoms with Gasteiger partial charge in [0, 0.05) is 0 Å². The Balaban J connectivity index is 2.31. The fourth-order valence-corrected chi connectivity index (χ4v) is 2.91. The minimum absolute atomic E-state index is 0.480. The van der Waals surface area contributed by atoms with Crippen LogP contribution in [0.1, 0.15) is 27.7 Å². The molecule has 0 nitrogen and oxygen atoms in total. The van der Waals surface area contributed by atoms with Crippen molar-refractivity contribution >= 4 is 0 Å². The second-order valence-corrected chi connectivity index (χ2v) is 5.01. The zero-order valence-corrected chi connectivity index (χ0v) is 7.31. The van der Waals surface area contributed by atoms with E-state index in [4.69, 9.17) is 0 Å². The number of fused-ring (bicyclic) bond motifs is 1. The van der Waals surface area contributed by atoms with Crippen LogP contribution in [0.25, 0.3) is 0 Å². The van der Waals surface area contributed by atoms with Crippen molar-refractivity contribution in [3.05, 3.63) is 12.2 Å². The summed E-state index contributed by atoms with van der Waals surface area (Å²) >= 11 is 0. The van der Waals surface area contributed by atoms with E-state index in [1.807, 2.05) is 0 Å². The summed E-state index contributed by atoms with van der Waals surface area (Å²) in [4.78, 5) is 0. The van der Waals surface area contributed by atoms with E-state index in [9.17, 15) is 0 Å². The molecule has 0 aromatic heterocycles. The van der Waals surface area contributed by atoms with Gasteiger partial charge >= 0.3 is 0 Å². The van der Waals surface area contributed by atoms with Crippen molar-refractivity contribution in [2.75, 3.05) is 0 Å². The third-order valence-corrected chi connectivity index (χ3v) is 3.45. The summed E-state index contributed by atoms with van der Waals surface area (Å²) in [6, 6.07) is 0. The van der Waals surface area contributed by atoms with Crippen LogP contribution in [0.3, 0.4) is 0 Å². The van der Waals surface area contributed by atoms with E-state index in [1.54, 1.807) is 0 Å². The number of rotatable bonds is 0. The highest BCUT2D eigenvalue weighted by Gasteiger charge is 2.64. The van der Waals surface area contributed by atoms with Gasteiger partial charge in [-0.15, -0.1) is 0 Å². The molecule has 0 heteroatoms. The molecule has 0 aliphatic heterocycles. The van der Waals surface area contributed by atoms with Crippen LogP contribution in [0.15, 0.2) is 12.2 Å². The molecule has 0 bridgehead atoms. The molecule has 56 valence electrons. The van der Waals surface area contributed by atoms with E-state index in [0.717, 1.165) is 11.8 Å². The molecule has 2 rings (SSSR count). The minimum atomic E-state index is 0.480. The molecule has 2 aliphatic carbocycles. The van der Waals surface area contributed by atoms with Gasteiger partial charge in [0.15, 0.2) is 0 Å². The molecule has 2 aliphatic rings. The summed E-state index contributed by atoms with van der Waals surface area (Å²) in [5, 5.41) is 0. The Kier molecular flexibility index (Phi) is 0.867. The molecule has 0 spiro atoms. The Morgan fingerprint density at radius 2 is 1.70 bits per heavy atom. The Labute approximate surface area is 63.3 Å². The lowest BCUT2D eigenvalue weighted by molar-refractivity contribution is 0.351. The largest absolute Gasteiger partial charge is 0.0840 e. The van der Waals surface area contributed by atoms with Gasteiger partial charge in [-0.3, -0.25) is 0 Å². The molecule has 0 saturated heterocycles. The first kappa shape index (κ1) is 6.45. The third-order valence-electron chi connectivity index (χ3n) is 3.45. The number of hydrogen-bond acceptors (Lipinski definition) is 0. The summed E-state index contributed by atoms with van der Waals surface area (Å²) in [7, 11) is 0. The Morgan fingerprint density at radius 1 is 1.10 bits per heavy atom. The smallest absolute Gasteiger partial charge is 0.0135 e. The van der Waals surface area contributed by atoms with Gasteiger partial charge in [0.1, 0.15) is 0 Å². The van der Waals surface area contributed by atoms with Gasteiger partial charge in [-0.05, 0) is 22.7 Å². The van der Waals surface area contributed by atoms with Gasteiger partial charge in [-0.25, -0.2) is 0 Å². The van der Waals surface area contributed by atoms with Crippen molar-refractivity contribution in [2.45, 2.75) is 27.7 Å². The van der Waals surface area contributed by atoms with Gasteiger partial charge in [0.05, 0.1) is 0 Å². The van der Waals surface area contributed by atoms with Crippen LogP contribution in [-0.4, -0.2) is 0 Å². The van der Waals surface area contributed by atoms with Crippen molar-refractivity contribution in [1.82, 2.24) is 0 Å². The van der Waals surface area contributed by atoms with Crippen LogP contribution in [0.5, 0.6) is 0 Å². The Bertz CT molecular complexity index is 196. The van der Waals surface area contributed by atoms with Gasteiger partial charge in [-0.1, -0.05) is 39.8 Å². The maximum absolute atomic E-state index is 2.41. The SMILES string of the molecule is CC1(C)C=CC2C1C2(C)C. The maximum atomic E-state index is 2.41. The van der Waals surface area contributed by atoms with Crippen molar-refractivity contribution in [1.29, 1.82) is 0 Å². The van der Waals surface area contributed by atoms with Gasteiger partial charge in [0.25, 0.3) is 0 Å². The molecule has 2 atom stereocenters. The van der Waals surface area contributed by atoms with Crippen molar-refractivity contribution in [3.63, 3.8) is 0 Å². The third kappa shape index (κ3) is 0.531. The zero-order valence-electron chi connectivity index (χ0n) is 7.31. The summed E-state index contributed by atoms with van der Waals surface area (Å²) in [6.07, 6.45) is 4.79. The van der Waals surface area contributed by atoms with Crippen molar-refractivity contribution in [2.24, 2.45) is 22.7 Å². The van der Waals surface area contributed by atoms with Crippen LogP contribution < -0.4 is 0 Å². The summed E-state index contributed by atoms with van der Waals surface area (Å²) in [5.74, 6) is 1.82. The predicted molar refractivity (Wildman–Crippen MR) is 43.7 cm³/mol. The van der Waals surface area contributed by atoms with Crippen LogP contribution in [0, 0.1) is 22.7 Å². The van der Waals surface area contributed by atoms with Crippen molar-refractivity contribution in [3.8, 4) is 0 Å².